The number of carbonyl (C=O) groups excluding carboxylic acids is 2. The van der Waals surface area contributed by atoms with E-state index in [1.54, 1.807) is 4.90 Å². The Bertz CT molecular complexity index is 622. The van der Waals surface area contributed by atoms with Crippen molar-refractivity contribution in [2.24, 2.45) is 0 Å². The van der Waals surface area contributed by atoms with Crippen LogP contribution < -0.4 is 5.32 Å². The van der Waals surface area contributed by atoms with Crippen molar-refractivity contribution in [2.45, 2.75) is 31.9 Å². The molecule has 1 N–H and O–H groups in total. The smallest absolute Gasteiger partial charge is 0.241 e. The topological polar surface area (TPSA) is 49.4 Å². The van der Waals surface area contributed by atoms with Crippen LogP contribution in [-0.4, -0.2) is 32.8 Å². The first-order chi connectivity index (χ1) is 10.4. The van der Waals surface area contributed by atoms with E-state index in [1.807, 2.05) is 32.0 Å². The average molecular weight is 448 g/mol. The first kappa shape index (κ1) is 17.7. The highest BCUT2D eigenvalue weighted by atomic mass is 127. The number of hydrogen-bond acceptors (Lipinski definition) is 4. The van der Waals surface area contributed by atoms with Crippen molar-refractivity contribution in [1.29, 1.82) is 0 Å². The van der Waals surface area contributed by atoms with Crippen LogP contribution in [0.3, 0.4) is 0 Å². The summed E-state index contributed by atoms with van der Waals surface area (Å²) in [5.74, 6) is -0.0828. The fraction of sp³-hybridized carbons (Fsp3) is 0.400. The summed E-state index contributed by atoms with van der Waals surface area (Å²) in [4.78, 5) is 25.7. The molecule has 1 aromatic rings. The Morgan fingerprint density at radius 2 is 2.23 bits per heavy atom. The minimum atomic E-state index is -0.107. The summed E-state index contributed by atoms with van der Waals surface area (Å²) in [5.41, 5.74) is 1.83. The highest BCUT2D eigenvalue weighted by Gasteiger charge is 2.35. The Balaban J connectivity index is 1.90. The number of halogens is 1. The molecule has 4 nitrogen and oxygen atoms in total. The van der Waals surface area contributed by atoms with Crippen LogP contribution in [0.4, 0.5) is 5.69 Å². The molecule has 2 amide bonds. The number of rotatable bonds is 5. The number of anilines is 1. The minimum Gasteiger partial charge on any atom is -0.326 e. The van der Waals surface area contributed by atoms with Gasteiger partial charge >= 0.3 is 0 Å². The average Bonchev–Trinajstić information content (AvgIpc) is 2.74. The number of aryl methyl sites for hydroxylation is 1. The molecule has 1 aromatic carbocycles. The quantitative estimate of drug-likeness (QED) is 0.553. The third kappa shape index (κ3) is 4.20. The molecule has 1 aliphatic rings. The molecular weight excluding hydrogens is 431 g/mol. The predicted octanol–water partition coefficient (Wildman–Crippen LogP) is 3.57. The van der Waals surface area contributed by atoms with Crippen LogP contribution in [0.15, 0.2) is 18.2 Å². The summed E-state index contributed by atoms with van der Waals surface area (Å²) in [6, 6.07) is 5.85. The van der Waals surface area contributed by atoms with Crippen molar-refractivity contribution in [3.05, 3.63) is 27.3 Å². The molecule has 1 saturated heterocycles. The summed E-state index contributed by atoms with van der Waals surface area (Å²) in [5, 5.41) is 2.80. The molecule has 1 unspecified atom stereocenters. The van der Waals surface area contributed by atoms with Gasteiger partial charge in [-0.1, -0.05) is 30.9 Å². The Labute approximate surface area is 153 Å². The molecule has 1 atom stereocenters. The van der Waals surface area contributed by atoms with Crippen LogP contribution in [0.2, 0.25) is 0 Å². The lowest BCUT2D eigenvalue weighted by molar-refractivity contribution is -0.126. The van der Waals surface area contributed by atoms with Gasteiger partial charge in [0.1, 0.15) is 4.32 Å². The van der Waals surface area contributed by atoms with E-state index in [9.17, 15) is 9.59 Å². The molecule has 7 heteroatoms. The number of hydrogen-bond donors (Lipinski definition) is 1. The third-order valence-corrected chi connectivity index (χ3v) is 5.82. The van der Waals surface area contributed by atoms with Gasteiger partial charge in [0.15, 0.2) is 0 Å². The van der Waals surface area contributed by atoms with Crippen LogP contribution >= 0.6 is 46.6 Å². The van der Waals surface area contributed by atoms with Crippen LogP contribution in [0.1, 0.15) is 25.3 Å². The molecular formula is C15H17IN2O2S2. The van der Waals surface area contributed by atoms with Gasteiger partial charge < -0.3 is 5.32 Å². The highest BCUT2D eigenvalue weighted by molar-refractivity contribution is 14.1. The first-order valence-electron chi connectivity index (χ1n) is 7.00. The second kappa shape index (κ2) is 7.74. The maximum atomic E-state index is 12.1. The summed E-state index contributed by atoms with van der Waals surface area (Å²) < 4.78 is 1.71. The molecule has 1 aliphatic heterocycles. The molecule has 1 fully saturated rings. The molecule has 0 saturated carbocycles. The normalized spacial score (nSPS) is 18.0. The number of benzene rings is 1. The van der Waals surface area contributed by atoms with Gasteiger partial charge in [-0.3, -0.25) is 14.5 Å². The van der Waals surface area contributed by atoms with Gasteiger partial charge in [0.05, 0.1) is 5.25 Å². The molecule has 0 radical (unpaired) electrons. The molecule has 0 aromatic heterocycles. The third-order valence-electron chi connectivity index (χ3n) is 3.40. The summed E-state index contributed by atoms with van der Waals surface area (Å²) in [7, 11) is 0. The fourth-order valence-electron chi connectivity index (χ4n) is 2.15. The first-order valence-corrected chi connectivity index (χ1v) is 9.37. The number of thiocarbonyl (C=S) groups is 1. The maximum absolute atomic E-state index is 12.1. The minimum absolute atomic E-state index is 0.0238. The van der Waals surface area contributed by atoms with Crippen molar-refractivity contribution in [1.82, 2.24) is 4.90 Å². The van der Waals surface area contributed by atoms with Crippen molar-refractivity contribution >= 4 is 68.4 Å². The maximum Gasteiger partial charge on any atom is 0.241 e. The number of thioether (sulfide) groups is 1. The summed E-state index contributed by atoms with van der Waals surface area (Å²) in [6.07, 6.45) is 1.00. The standard InChI is InChI=1S/C15H17IN2O2S2/c1-3-12-14(20)18(15(21)22-12)7-6-13(19)17-11-5-4-10(16)8-9(11)2/h4-5,8,12H,3,6-7H2,1-2H3,(H,17,19). The van der Waals surface area contributed by atoms with E-state index in [4.69, 9.17) is 12.2 Å². The van der Waals surface area contributed by atoms with Crippen LogP contribution in [0, 0.1) is 10.5 Å². The zero-order valence-electron chi connectivity index (χ0n) is 12.4. The van der Waals surface area contributed by atoms with Crippen LogP contribution in [0.25, 0.3) is 0 Å². The van der Waals surface area contributed by atoms with E-state index in [-0.39, 0.29) is 23.5 Å². The van der Waals surface area contributed by atoms with Crippen molar-refractivity contribution < 1.29 is 9.59 Å². The van der Waals surface area contributed by atoms with E-state index in [0.717, 1.165) is 21.2 Å². The number of amides is 2. The predicted molar refractivity (Wildman–Crippen MR) is 103 cm³/mol. The number of nitrogens with zero attached hydrogens (tertiary/aromatic N) is 1. The van der Waals surface area contributed by atoms with Gasteiger partial charge in [0.2, 0.25) is 11.8 Å². The van der Waals surface area contributed by atoms with E-state index in [2.05, 4.69) is 27.9 Å². The largest absolute Gasteiger partial charge is 0.326 e. The second-order valence-corrected chi connectivity index (χ2v) is 8.11. The number of nitrogens with one attached hydrogen (secondary N) is 1. The van der Waals surface area contributed by atoms with Gasteiger partial charge in [0.25, 0.3) is 0 Å². The van der Waals surface area contributed by atoms with Gasteiger partial charge in [-0.2, -0.15) is 0 Å². The van der Waals surface area contributed by atoms with Gasteiger partial charge in [0, 0.05) is 22.2 Å². The Hall–Kier alpha value is -0.670. The SMILES string of the molecule is CCC1SC(=S)N(CCC(=O)Nc2ccc(I)cc2C)C1=O. The zero-order valence-corrected chi connectivity index (χ0v) is 16.2. The molecule has 2 rings (SSSR count). The fourth-order valence-corrected chi connectivity index (χ4v) is 4.28. The molecule has 0 aliphatic carbocycles. The molecule has 0 spiro atoms. The summed E-state index contributed by atoms with van der Waals surface area (Å²) in [6.45, 7) is 4.27. The van der Waals surface area contributed by atoms with Gasteiger partial charge in [-0.05, 0) is 59.7 Å². The van der Waals surface area contributed by atoms with Gasteiger partial charge in [-0.25, -0.2) is 0 Å². The highest BCUT2D eigenvalue weighted by Crippen LogP contribution is 2.29. The summed E-state index contributed by atoms with van der Waals surface area (Å²) >= 11 is 8.86. The molecule has 118 valence electrons. The van der Waals surface area contributed by atoms with Crippen molar-refractivity contribution in [3.63, 3.8) is 0 Å². The zero-order chi connectivity index (χ0) is 16.3. The van der Waals surface area contributed by atoms with Crippen molar-refractivity contribution in [2.75, 3.05) is 11.9 Å². The Morgan fingerprint density at radius 1 is 1.50 bits per heavy atom. The van der Waals surface area contributed by atoms with E-state index < -0.39 is 0 Å². The Kier molecular flexibility index (Phi) is 6.22. The molecule has 1 heterocycles. The number of carbonyl (C=O) groups is 2. The monoisotopic (exact) mass is 448 g/mol. The van der Waals surface area contributed by atoms with Crippen LogP contribution in [0.5, 0.6) is 0 Å². The van der Waals surface area contributed by atoms with E-state index >= 15 is 0 Å². The lowest BCUT2D eigenvalue weighted by atomic mass is 10.2. The molecule has 22 heavy (non-hydrogen) atoms. The van der Waals surface area contributed by atoms with Crippen molar-refractivity contribution in [3.8, 4) is 0 Å². The second-order valence-electron chi connectivity index (χ2n) is 5.03. The Morgan fingerprint density at radius 3 is 2.82 bits per heavy atom. The lowest BCUT2D eigenvalue weighted by Gasteiger charge is -2.15. The van der Waals surface area contributed by atoms with E-state index in [1.165, 1.54) is 11.8 Å². The van der Waals surface area contributed by atoms with E-state index in [0.29, 0.717) is 10.9 Å². The van der Waals surface area contributed by atoms with Crippen LogP contribution in [-0.2, 0) is 9.59 Å². The molecule has 0 bridgehead atoms. The van der Waals surface area contributed by atoms with Gasteiger partial charge in [-0.15, -0.1) is 0 Å². The lowest BCUT2D eigenvalue weighted by Crippen LogP contribution is -2.34.